The third-order valence-electron chi connectivity index (χ3n) is 4.84. The Labute approximate surface area is 199 Å². The lowest BCUT2D eigenvalue weighted by atomic mass is 10.0. The number of hydrogen-bond donors (Lipinski definition) is 3. The molecule has 34 heavy (non-hydrogen) atoms. The van der Waals surface area contributed by atoms with Gasteiger partial charge in [-0.3, -0.25) is 38.7 Å². The number of rotatable bonds is 9. The van der Waals surface area contributed by atoms with Gasteiger partial charge in [0.25, 0.3) is 11.8 Å². The maximum atomic E-state index is 12.8. The number of Topliss-reactive ketones (excluding diaryl/α,β-unsaturated/α-hetero) is 1. The van der Waals surface area contributed by atoms with Gasteiger partial charge in [-0.25, -0.2) is 4.79 Å². The van der Waals surface area contributed by atoms with Crippen LogP contribution in [0.2, 0.25) is 0 Å². The minimum atomic E-state index is -1.33. The summed E-state index contributed by atoms with van der Waals surface area (Å²) in [6.45, 7) is 1.54. The van der Waals surface area contributed by atoms with E-state index in [0.717, 1.165) is 16.7 Å². The summed E-state index contributed by atoms with van der Waals surface area (Å²) in [7, 11) is 2.65. The van der Waals surface area contributed by atoms with Crippen molar-refractivity contribution in [1.82, 2.24) is 25.0 Å². The first-order valence-corrected chi connectivity index (χ1v) is 11.8. The highest BCUT2D eigenvalue weighted by Crippen LogP contribution is 2.41. The summed E-state index contributed by atoms with van der Waals surface area (Å²) in [6.07, 6.45) is 0.00120. The van der Waals surface area contributed by atoms with Crippen LogP contribution < -0.4 is 16.4 Å². The fourth-order valence-electron chi connectivity index (χ4n) is 3.22. The number of ketones is 1. The molecule has 2 atom stereocenters. The number of amides is 2. The molecule has 1 aromatic rings. The number of β-lactam (4-membered cyclic amide) rings is 1. The van der Waals surface area contributed by atoms with Crippen molar-refractivity contribution in [3.63, 3.8) is 0 Å². The van der Waals surface area contributed by atoms with Crippen LogP contribution in [0.25, 0.3) is 0 Å². The van der Waals surface area contributed by atoms with Crippen molar-refractivity contribution < 1.29 is 29.1 Å². The molecule has 0 bridgehead atoms. The number of hydrogen-bond acceptors (Lipinski definition) is 11. The van der Waals surface area contributed by atoms with E-state index >= 15 is 0 Å². The number of carboxylic acids is 1. The second-order valence-electron chi connectivity index (χ2n) is 7.01. The van der Waals surface area contributed by atoms with Crippen molar-refractivity contribution in [3.05, 3.63) is 32.0 Å². The van der Waals surface area contributed by atoms with Crippen LogP contribution in [-0.4, -0.2) is 84.1 Å². The average Bonchev–Trinajstić information content (AvgIpc) is 2.80. The Morgan fingerprint density at radius 2 is 2.06 bits per heavy atom. The van der Waals surface area contributed by atoms with E-state index in [4.69, 9.17) is 0 Å². The van der Waals surface area contributed by atoms with Gasteiger partial charge < -0.3 is 15.3 Å². The number of nitrogens with one attached hydrogen (secondary N) is 2. The predicted molar refractivity (Wildman–Crippen MR) is 120 cm³/mol. The van der Waals surface area contributed by atoms with Gasteiger partial charge in [0.05, 0.1) is 0 Å². The van der Waals surface area contributed by atoms with E-state index in [2.05, 4.69) is 25.4 Å². The summed E-state index contributed by atoms with van der Waals surface area (Å²) in [5.74, 6) is -3.13. The highest BCUT2D eigenvalue weighted by atomic mass is 32.2. The monoisotopic (exact) mass is 512 g/mol. The lowest BCUT2D eigenvalue weighted by molar-refractivity contribution is -0.150. The molecule has 0 spiro atoms. The fraction of sp³-hybridized carbons (Fsp3) is 0.444. The van der Waals surface area contributed by atoms with E-state index in [0.29, 0.717) is 5.57 Å². The Balaban J connectivity index is 1.78. The van der Waals surface area contributed by atoms with Crippen LogP contribution in [-0.2, 0) is 31.1 Å². The normalized spacial score (nSPS) is 19.9. The molecular formula is C18H20N6O8S2. The van der Waals surface area contributed by atoms with E-state index in [1.807, 2.05) is 0 Å². The van der Waals surface area contributed by atoms with Gasteiger partial charge in [0, 0.05) is 25.0 Å². The summed E-state index contributed by atoms with van der Waals surface area (Å²) >= 11 is 2.26. The zero-order valence-corrected chi connectivity index (χ0v) is 19.8. The van der Waals surface area contributed by atoms with Gasteiger partial charge in [-0.05, 0) is 5.57 Å². The number of nitrogens with zero attached hydrogens (tertiary/aromatic N) is 4. The molecule has 0 unspecified atom stereocenters. The highest BCUT2D eigenvalue weighted by molar-refractivity contribution is 8.01. The summed E-state index contributed by atoms with van der Waals surface area (Å²) in [5, 5.41) is 17.4. The molecule has 1 aromatic heterocycles. The number of carbonyl (C=O) groups is 4. The molecule has 2 aliphatic heterocycles. The van der Waals surface area contributed by atoms with Gasteiger partial charge in [-0.1, -0.05) is 23.8 Å². The van der Waals surface area contributed by atoms with Crippen LogP contribution >= 0.6 is 23.5 Å². The molecule has 3 N–H and O–H groups in total. The molecule has 14 nitrogen and oxygen atoms in total. The predicted octanol–water partition coefficient (Wildman–Crippen LogP) is -1.72. The van der Waals surface area contributed by atoms with E-state index in [1.54, 1.807) is 0 Å². The fourth-order valence-corrected chi connectivity index (χ4v) is 5.63. The number of thioether (sulfide) groups is 2. The maximum Gasteiger partial charge on any atom is 0.352 e. The quantitative estimate of drug-likeness (QED) is 0.0851. The molecule has 3 heterocycles. The minimum Gasteiger partial charge on any atom is -0.477 e. The second kappa shape index (κ2) is 10.3. The van der Waals surface area contributed by atoms with Gasteiger partial charge >= 0.3 is 17.1 Å². The molecule has 2 amide bonds. The van der Waals surface area contributed by atoms with Gasteiger partial charge in [0.2, 0.25) is 5.71 Å². The SMILES string of the molecule is CCC(=O)/C(=N/OC)C(=O)N[C@@H]1C(=O)N2C(C(=O)O)=C(CSc3nc(=O)c(=O)[nH]n3C)CS[C@H]12. The van der Waals surface area contributed by atoms with Crippen LogP contribution in [0, 0.1) is 0 Å². The number of aryl methyl sites for hydroxylation is 1. The largest absolute Gasteiger partial charge is 0.477 e. The summed E-state index contributed by atoms with van der Waals surface area (Å²) in [5.41, 5.74) is -2.16. The molecule has 0 saturated carbocycles. The van der Waals surface area contributed by atoms with Gasteiger partial charge in [-0.15, -0.1) is 11.8 Å². The maximum absolute atomic E-state index is 12.8. The summed E-state index contributed by atoms with van der Waals surface area (Å²) in [4.78, 5) is 81.3. The van der Waals surface area contributed by atoms with Gasteiger partial charge in [0.15, 0.2) is 10.9 Å². The first kappa shape index (κ1) is 25.2. The van der Waals surface area contributed by atoms with Gasteiger partial charge in [0.1, 0.15) is 24.2 Å². The van der Waals surface area contributed by atoms with E-state index in [1.165, 1.54) is 37.5 Å². The number of carbonyl (C=O) groups excluding carboxylic acids is 3. The van der Waals surface area contributed by atoms with E-state index in [-0.39, 0.29) is 28.8 Å². The number of oxime groups is 1. The van der Waals surface area contributed by atoms with Crippen LogP contribution in [0.1, 0.15) is 13.3 Å². The Hall–Kier alpha value is -3.40. The van der Waals surface area contributed by atoms with Crippen molar-refractivity contribution in [2.24, 2.45) is 12.2 Å². The summed E-state index contributed by atoms with van der Waals surface area (Å²) in [6, 6.07) is -1.05. The Morgan fingerprint density at radius 3 is 2.68 bits per heavy atom. The summed E-state index contributed by atoms with van der Waals surface area (Å²) < 4.78 is 1.24. The standard InChI is InChI=1S/C18H20N6O8S2/c1-4-8(25)9(22-32-3)12(26)19-10-15(29)24-11(17(30)31)7(5-33-16(10)24)6-34-18-20-13(27)14(28)21-23(18)2/h10,16H,4-6H2,1-3H3,(H,19,26)(H,21,28)(H,30,31)/b22-9-/t10-,16-/m1/s1. The highest BCUT2D eigenvalue weighted by Gasteiger charge is 2.54. The van der Waals surface area contributed by atoms with Crippen molar-refractivity contribution >= 4 is 52.8 Å². The van der Waals surface area contributed by atoms with E-state index in [9.17, 15) is 33.9 Å². The third-order valence-corrected chi connectivity index (χ3v) is 7.30. The first-order chi connectivity index (χ1) is 16.1. The molecule has 1 saturated heterocycles. The lowest BCUT2D eigenvalue weighted by Gasteiger charge is -2.49. The molecule has 2 aliphatic rings. The Kier molecular flexibility index (Phi) is 7.61. The zero-order valence-electron chi connectivity index (χ0n) is 18.2. The van der Waals surface area contributed by atoms with E-state index < -0.39 is 51.8 Å². The molecule has 0 aromatic carbocycles. The van der Waals surface area contributed by atoms with Gasteiger partial charge in [-0.2, -0.15) is 4.98 Å². The lowest BCUT2D eigenvalue weighted by Crippen LogP contribution is -2.71. The smallest absolute Gasteiger partial charge is 0.352 e. The number of aromatic amines is 1. The molecule has 3 rings (SSSR count). The number of aliphatic carboxylic acids is 1. The molecule has 0 radical (unpaired) electrons. The molecule has 0 aliphatic carbocycles. The molecule has 1 fully saturated rings. The Morgan fingerprint density at radius 1 is 1.35 bits per heavy atom. The van der Waals surface area contributed by atoms with Crippen LogP contribution in [0.3, 0.4) is 0 Å². The van der Waals surface area contributed by atoms with Crippen LogP contribution in [0.15, 0.2) is 31.2 Å². The third kappa shape index (κ3) is 4.77. The van der Waals surface area contributed by atoms with Crippen molar-refractivity contribution in [2.45, 2.75) is 29.9 Å². The minimum absolute atomic E-state index is 0.00120. The molecule has 182 valence electrons. The number of aromatic nitrogens is 3. The van der Waals surface area contributed by atoms with Crippen molar-refractivity contribution in [2.75, 3.05) is 18.6 Å². The topological polar surface area (TPSA) is 193 Å². The van der Waals surface area contributed by atoms with Crippen LogP contribution in [0.5, 0.6) is 0 Å². The number of carboxylic acid groups (broad SMARTS) is 1. The average molecular weight is 513 g/mol. The van der Waals surface area contributed by atoms with Crippen molar-refractivity contribution in [1.29, 1.82) is 0 Å². The molecule has 16 heteroatoms. The first-order valence-electron chi connectivity index (χ1n) is 9.76. The number of H-pyrrole nitrogens is 1. The zero-order chi connectivity index (χ0) is 25.2. The van der Waals surface area contributed by atoms with Crippen LogP contribution in [0.4, 0.5) is 0 Å². The second-order valence-corrected chi connectivity index (χ2v) is 9.05. The number of fused-ring (bicyclic) bond motifs is 1. The van der Waals surface area contributed by atoms with Crippen molar-refractivity contribution in [3.8, 4) is 0 Å². The molecular weight excluding hydrogens is 492 g/mol. The Bertz CT molecular complexity index is 1240.